The van der Waals surface area contributed by atoms with Crippen LogP contribution in [0, 0.1) is 0 Å². The molecule has 1 aliphatic heterocycles. The zero-order valence-electron chi connectivity index (χ0n) is 11.9. The Morgan fingerprint density at radius 3 is 2.71 bits per heavy atom. The molecule has 0 fully saturated rings. The van der Waals surface area contributed by atoms with Gasteiger partial charge < -0.3 is 14.4 Å². The molecule has 0 saturated carbocycles. The lowest BCUT2D eigenvalue weighted by Gasteiger charge is -2.29. The van der Waals surface area contributed by atoms with Crippen molar-refractivity contribution < 1.29 is 14.3 Å². The topological polar surface area (TPSA) is 38.8 Å². The van der Waals surface area contributed by atoms with Crippen LogP contribution in [0.15, 0.2) is 48.5 Å². The first-order chi connectivity index (χ1) is 10.3. The fourth-order valence-electron chi connectivity index (χ4n) is 2.44. The number of carbonyl (C=O) groups excluding carboxylic acids is 1. The van der Waals surface area contributed by atoms with Crippen LogP contribution < -0.4 is 14.4 Å². The van der Waals surface area contributed by atoms with Gasteiger partial charge in [0, 0.05) is 0 Å². The van der Waals surface area contributed by atoms with Crippen molar-refractivity contribution in [3.63, 3.8) is 0 Å². The van der Waals surface area contributed by atoms with Gasteiger partial charge in [-0.25, -0.2) is 0 Å². The average Bonchev–Trinajstić information content (AvgIpc) is 2.55. The van der Waals surface area contributed by atoms with Gasteiger partial charge in [-0.15, -0.1) is 0 Å². The van der Waals surface area contributed by atoms with E-state index in [-0.39, 0.29) is 5.91 Å². The van der Waals surface area contributed by atoms with Gasteiger partial charge in [0.05, 0.1) is 25.8 Å². The van der Waals surface area contributed by atoms with Crippen LogP contribution in [0.25, 0.3) is 0 Å². The Labute approximate surface area is 123 Å². The minimum Gasteiger partial charge on any atom is -0.497 e. The summed E-state index contributed by atoms with van der Waals surface area (Å²) >= 11 is 0. The van der Waals surface area contributed by atoms with Gasteiger partial charge >= 0.3 is 0 Å². The molecule has 4 heteroatoms. The molecule has 1 heterocycles. The number of para-hydroxylation sites is 2. The molecule has 0 aliphatic carbocycles. The highest BCUT2D eigenvalue weighted by molar-refractivity contribution is 5.96. The van der Waals surface area contributed by atoms with Crippen molar-refractivity contribution in [1.82, 2.24) is 0 Å². The quantitative estimate of drug-likeness (QED) is 0.869. The van der Waals surface area contributed by atoms with E-state index < -0.39 is 0 Å². The van der Waals surface area contributed by atoms with E-state index in [1.807, 2.05) is 48.5 Å². The van der Waals surface area contributed by atoms with E-state index in [1.54, 1.807) is 12.0 Å². The summed E-state index contributed by atoms with van der Waals surface area (Å²) in [5.41, 5.74) is 1.83. The Morgan fingerprint density at radius 2 is 1.95 bits per heavy atom. The van der Waals surface area contributed by atoms with E-state index in [1.165, 1.54) is 0 Å². The van der Waals surface area contributed by atoms with Gasteiger partial charge in [0.2, 0.25) is 5.91 Å². The Kier molecular flexibility index (Phi) is 3.77. The lowest BCUT2D eigenvalue weighted by atomic mass is 10.1. The molecular formula is C17H17NO3. The predicted octanol–water partition coefficient (Wildman–Crippen LogP) is 2.66. The molecule has 0 spiro atoms. The lowest BCUT2D eigenvalue weighted by Crippen LogP contribution is -2.38. The summed E-state index contributed by atoms with van der Waals surface area (Å²) in [4.78, 5) is 14.3. The van der Waals surface area contributed by atoms with Gasteiger partial charge in [-0.1, -0.05) is 24.3 Å². The van der Waals surface area contributed by atoms with Crippen molar-refractivity contribution in [2.75, 3.05) is 25.2 Å². The summed E-state index contributed by atoms with van der Waals surface area (Å²) in [5.74, 6) is 1.64. The van der Waals surface area contributed by atoms with E-state index in [0.29, 0.717) is 19.6 Å². The molecule has 108 valence electrons. The molecule has 0 radical (unpaired) electrons. The molecule has 1 aliphatic rings. The molecule has 21 heavy (non-hydrogen) atoms. The van der Waals surface area contributed by atoms with Gasteiger partial charge in [-0.3, -0.25) is 4.79 Å². The second-order valence-corrected chi connectivity index (χ2v) is 4.89. The van der Waals surface area contributed by atoms with Crippen LogP contribution in [-0.2, 0) is 11.2 Å². The van der Waals surface area contributed by atoms with Gasteiger partial charge in [0.15, 0.2) is 0 Å². The normalized spacial score (nSPS) is 13.3. The maximum atomic E-state index is 12.5. The minimum atomic E-state index is 0.0796. The second-order valence-electron chi connectivity index (χ2n) is 4.89. The van der Waals surface area contributed by atoms with E-state index in [0.717, 1.165) is 22.7 Å². The largest absolute Gasteiger partial charge is 0.497 e. The standard InChI is InChI=1S/C17H17NO3/c1-20-14-8-6-13(7-9-14)12-17(19)18-10-11-21-16-5-3-2-4-15(16)18/h2-9H,10-12H2,1H3. The third-order valence-electron chi connectivity index (χ3n) is 3.54. The van der Waals surface area contributed by atoms with Crippen LogP contribution in [-0.4, -0.2) is 26.2 Å². The molecular weight excluding hydrogens is 266 g/mol. The molecule has 0 atom stereocenters. The molecule has 4 nitrogen and oxygen atoms in total. The molecule has 1 amide bonds. The van der Waals surface area contributed by atoms with Crippen LogP contribution in [0.4, 0.5) is 5.69 Å². The van der Waals surface area contributed by atoms with E-state index in [4.69, 9.17) is 9.47 Å². The van der Waals surface area contributed by atoms with E-state index in [2.05, 4.69) is 0 Å². The first-order valence-electron chi connectivity index (χ1n) is 6.93. The van der Waals surface area contributed by atoms with Crippen LogP contribution in [0.5, 0.6) is 11.5 Å². The van der Waals surface area contributed by atoms with Crippen molar-refractivity contribution in [2.45, 2.75) is 6.42 Å². The Hall–Kier alpha value is -2.49. The number of nitrogens with zero attached hydrogens (tertiary/aromatic N) is 1. The third-order valence-corrected chi connectivity index (χ3v) is 3.54. The van der Waals surface area contributed by atoms with Gasteiger partial charge in [-0.2, -0.15) is 0 Å². The van der Waals surface area contributed by atoms with Crippen molar-refractivity contribution in [3.05, 3.63) is 54.1 Å². The fourth-order valence-corrected chi connectivity index (χ4v) is 2.44. The molecule has 2 aromatic carbocycles. The first kappa shape index (κ1) is 13.5. The third kappa shape index (κ3) is 2.84. The molecule has 0 bridgehead atoms. The second kappa shape index (κ2) is 5.87. The average molecular weight is 283 g/mol. The maximum absolute atomic E-state index is 12.5. The van der Waals surface area contributed by atoms with Crippen molar-refractivity contribution in [2.24, 2.45) is 0 Å². The Balaban J connectivity index is 1.76. The number of ether oxygens (including phenoxy) is 2. The Bertz CT molecular complexity index is 637. The number of fused-ring (bicyclic) bond motifs is 1. The summed E-state index contributed by atoms with van der Waals surface area (Å²) in [7, 11) is 1.63. The highest BCUT2D eigenvalue weighted by atomic mass is 16.5. The fraction of sp³-hybridized carbons (Fsp3) is 0.235. The van der Waals surface area contributed by atoms with Gasteiger partial charge in [-0.05, 0) is 29.8 Å². The number of carbonyl (C=O) groups is 1. The number of hydrogen-bond acceptors (Lipinski definition) is 3. The number of anilines is 1. The molecule has 0 saturated heterocycles. The van der Waals surface area contributed by atoms with Crippen LogP contribution in [0.2, 0.25) is 0 Å². The van der Waals surface area contributed by atoms with Crippen molar-refractivity contribution in [3.8, 4) is 11.5 Å². The number of hydrogen-bond donors (Lipinski definition) is 0. The van der Waals surface area contributed by atoms with Crippen molar-refractivity contribution in [1.29, 1.82) is 0 Å². The van der Waals surface area contributed by atoms with Crippen LogP contribution in [0.1, 0.15) is 5.56 Å². The predicted molar refractivity (Wildman–Crippen MR) is 81.0 cm³/mol. The summed E-state index contributed by atoms with van der Waals surface area (Å²) < 4.78 is 10.7. The summed E-state index contributed by atoms with van der Waals surface area (Å²) in [6.07, 6.45) is 0.373. The van der Waals surface area contributed by atoms with Crippen molar-refractivity contribution >= 4 is 11.6 Å². The smallest absolute Gasteiger partial charge is 0.231 e. The highest BCUT2D eigenvalue weighted by Crippen LogP contribution is 2.31. The highest BCUT2D eigenvalue weighted by Gasteiger charge is 2.23. The SMILES string of the molecule is COc1ccc(CC(=O)N2CCOc3ccccc32)cc1. The number of rotatable bonds is 3. The first-order valence-corrected chi connectivity index (χ1v) is 6.93. The minimum absolute atomic E-state index is 0.0796. The Morgan fingerprint density at radius 1 is 1.19 bits per heavy atom. The zero-order chi connectivity index (χ0) is 14.7. The molecule has 2 aromatic rings. The molecule has 0 N–H and O–H groups in total. The molecule has 0 aromatic heterocycles. The monoisotopic (exact) mass is 283 g/mol. The summed E-state index contributed by atoms with van der Waals surface area (Å²) in [5, 5.41) is 0. The molecule has 3 rings (SSSR count). The maximum Gasteiger partial charge on any atom is 0.231 e. The number of amides is 1. The van der Waals surface area contributed by atoms with E-state index >= 15 is 0 Å². The number of methoxy groups -OCH3 is 1. The molecule has 0 unspecified atom stereocenters. The van der Waals surface area contributed by atoms with E-state index in [9.17, 15) is 4.79 Å². The zero-order valence-corrected chi connectivity index (χ0v) is 11.9. The number of benzene rings is 2. The van der Waals surface area contributed by atoms with Gasteiger partial charge in [0.1, 0.15) is 18.1 Å². The van der Waals surface area contributed by atoms with Crippen LogP contribution in [0.3, 0.4) is 0 Å². The lowest BCUT2D eigenvalue weighted by molar-refractivity contribution is -0.118. The summed E-state index contributed by atoms with van der Waals surface area (Å²) in [6.45, 7) is 1.12. The van der Waals surface area contributed by atoms with Gasteiger partial charge in [0.25, 0.3) is 0 Å². The van der Waals surface area contributed by atoms with Crippen LogP contribution >= 0.6 is 0 Å². The summed E-state index contributed by atoms with van der Waals surface area (Å²) in [6, 6.07) is 15.2.